The predicted molar refractivity (Wildman–Crippen MR) is 133 cm³/mol. The van der Waals surface area contributed by atoms with Gasteiger partial charge in [-0.15, -0.1) is 0 Å². The van der Waals surface area contributed by atoms with Gasteiger partial charge in [0.15, 0.2) is 0 Å². The van der Waals surface area contributed by atoms with Gasteiger partial charge < -0.3 is 10.2 Å². The molecule has 3 rings (SSSR count). The van der Waals surface area contributed by atoms with Crippen LogP contribution in [0.1, 0.15) is 52.0 Å². The van der Waals surface area contributed by atoms with Crippen LogP contribution >= 0.6 is 0 Å². The summed E-state index contributed by atoms with van der Waals surface area (Å²) in [4.78, 5) is 17.3. The minimum Gasteiger partial charge on any atom is -0.340 e. The third-order valence-corrected chi connectivity index (χ3v) is 8.74. The molecule has 2 fully saturated rings. The molecule has 2 aliphatic heterocycles. The molecule has 1 N–H and O–H groups in total. The zero-order valence-electron chi connectivity index (χ0n) is 20.6. The van der Waals surface area contributed by atoms with Crippen LogP contribution in [-0.4, -0.2) is 86.8 Å². The number of carbonyl (C=O) groups excluding carboxylic acids is 1. The van der Waals surface area contributed by atoms with Gasteiger partial charge in [-0.25, -0.2) is 8.42 Å². The Hall–Kier alpha value is -1.48. The van der Waals surface area contributed by atoms with Gasteiger partial charge >= 0.3 is 0 Å². The minimum atomic E-state index is -3.67. The molecule has 2 heterocycles. The summed E-state index contributed by atoms with van der Waals surface area (Å²) in [6.45, 7) is 11.9. The number of carbonyl (C=O) groups is 1. The van der Waals surface area contributed by atoms with Crippen molar-refractivity contribution < 1.29 is 13.2 Å². The van der Waals surface area contributed by atoms with E-state index in [1.54, 1.807) is 12.1 Å². The largest absolute Gasteiger partial charge is 0.340 e. The lowest BCUT2D eigenvalue weighted by Crippen LogP contribution is -2.48. The summed E-state index contributed by atoms with van der Waals surface area (Å²) in [5.74, 6) is 0.557. The van der Waals surface area contributed by atoms with Crippen LogP contribution in [0.3, 0.4) is 0 Å². The number of nitrogens with zero attached hydrogens (tertiary/aromatic N) is 3. The monoisotopic (exact) mass is 478 g/mol. The number of piperidine rings is 1. The Morgan fingerprint density at radius 3 is 2.42 bits per heavy atom. The number of benzene rings is 1. The molecule has 1 aromatic carbocycles. The molecule has 33 heavy (non-hydrogen) atoms. The van der Waals surface area contributed by atoms with Crippen LogP contribution in [0.5, 0.6) is 0 Å². The van der Waals surface area contributed by atoms with Crippen molar-refractivity contribution in [2.45, 2.75) is 63.8 Å². The van der Waals surface area contributed by atoms with Crippen molar-refractivity contribution in [3.63, 3.8) is 0 Å². The number of hydrogen-bond donors (Lipinski definition) is 1. The van der Waals surface area contributed by atoms with Crippen molar-refractivity contribution in [1.29, 1.82) is 0 Å². The highest BCUT2D eigenvalue weighted by atomic mass is 32.2. The maximum atomic E-state index is 13.6. The molecule has 186 valence electrons. The van der Waals surface area contributed by atoms with E-state index in [0.29, 0.717) is 43.0 Å². The molecule has 2 saturated heterocycles. The van der Waals surface area contributed by atoms with Crippen molar-refractivity contribution in [3.8, 4) is 0 Å². The zero-order chi connectivity index (χ0) is 23.8. The van der Waals surface area contributed by atoms with Crippen molar-refractivity contribution in [1.82, 2.24) is 19.4 Å². The number of piperazine rings is 1. The van der Waals surface area contributed by atoms with Crippen LogP contribution in [-0.2, 0) is 21.2 Å². The van der Waals surface area contributed by atoms with Gasteiger partial charge in [0.2, 0.25) is 15.9 Å². The van der Waals surface area contributed by atoms with Crippen LogP contribution in [0.25, 0.3) is 0 Å². The third-order valence-electron chi connectivity index (χ3n) is 6.83. The Morgan fingerprint density at radius 2 is 1.79 bits per heavy atom. The predicted octanol–water partition coefficient (Wildman–Crippen LogP) is 2.57. The van der Waals surface area contributed by atoms with E-state index in [9.17, 15) is 13.2 Å². The molecule has 2 aliphatic rings. The fraction of sp³-hybridized carbons (Fsp3) is 0.720. The summed E-state index contributed by atoms with van der Waals surface area (Å²) in [6.07, 6.45) is 4.71. The molecule has 1 atom stereocenters. The Morgan fingerprint density at radius 1 is 1.09 bits per heavy atom. The average Bonchev–Trinajstić information content (AvgIpc) is 2.80. The molecule has 0 spiro atoms. The first-order valence-electron chi connectivity index (χ1n) is 12.6. The molecule has 0 radical (unpaired) electrons. The number of sulfonamides is 1. The smallest absolute Gasteiger partial charge is 0.243 e. The lowest BCUT2D eigenvalue weighted by Gasteiger charge is -2.35. The highest BCUT2D eigenvalue weighted by Gasteiger charge is 2.28. The molecule has 0 bridgehead atoms. The maximum Gasteiger partial charge on any atom is 0.243 e. The first kappa shape index (κ1) is 26.1. The number of amides is 1. The van der Waals surface area contributed by atoms with Crippen LogP contribution in [0.15, 0.2) is 29.2 Å². The van der Waals surface area contributed by atoms with E-state index in [0.717, 1.165) is 44.5 Å². The second kappa shape index (κ2) is 12.3. The number of hydrogen-bond acceptors (Lipinski definition) is 5. The number of nitrogens with one attached hydrogen (secondary N) is 1. The maximum absolute atomic E-state index is 13.6. The van der Waals surface area contributed by atoms with Gasteiger partial charge in [0.05, 0.1) is 4.90 Å². The molecule has 7 nitrogen and oxygen atoms in total. The quantitative estimate of drug-likeness (QED) is 0.560. The molecule has 8 heteroatoms. The first-order chi connectivity index (χ1) is 15.8. The Bertz CT molecular complexity index is 851. The fourth-order valence-corrected chi connectivity index (χ4v) is 6.22. The molecule has 1 amide bonds. The van der Waals surface area contributed by atoms with Crippen LogP contribution in [0, 0.1) is 5.92 Å². The Labute approximate surface area is 200 Å². The van der Waals surface area contributed by atoms with Gasteiger partial charge in [0.1, 0.15) is 0 Å². The number of likely N-dealkylation sites (tertiary alicyclic amines) is 1. The van der Waals surface area contributed by atoms with E-state index in [1.165, 1.54) is 10.7 Å². The summed E-state index contributed by atoms with van der Waals surface area (Å²) >= 11 is 0. The fourth-order valence-electron chi connectivity index (χ4n) is 4.79. The van der Waals surface area contributed by atoms with Gasteiger partial charge in [-0.05, 0) is 56.3 Å². The number of rotatable bonds is 10. The third kappa shape index (κ3) is 7.50. The second-order valence-corrected chi connectivity index (χ2v) is 11.8. The SMILES string of the molecule is CC(C)Cc1ccc(S(=O)(=O)N(CCC(=O)N2CCNCC2)CCN2CCCC[C@H]2C)cc1. The van der Waals surface area contributed by atoms with Gasteiger partial charge in [0, 0.05) is 58.3 Å². The summed E-state index contributed by atoms with van der Waals surface area (Å²) in [5, 5.41) is 3.25. The van der Waals surface area contributed by atoms with E-state index in [4.69, 9.17) is 0 Å². The summed E-state index contributed by atoms with van der Waals surface area (Å²) in [6, 6.07) is 7.76. The Kier molecular flexibility index (Phi) is 9.73. The minimum absolute atomic E-state index is 0.0373. The van der Waals surface area contributed by atoms with Crippen molar-refractivity contribution >= 4 is 15.9 Å². The molecule has 0 aliphatic carbocycles. The van der Waals surface area contributed by atoms with Gasteiger partial charge in [0.25, 0.3) is 0 Å². The Balaban J connectivity index is 1.71. The standard InChI is InChI=1S/C25H42N4O3S/c1-21(2)20-23-7-9-24(10-8-23)33(31,32)29(19-18-27-14-5-4-6-22(27)3)15-11-25(30)28-16-12-26-13-17-28/h7-10,21-22,26H,4-6,11-20H2,1-3H3/t22-/m1/s1. The van der Waals surface area contributed by atoms with E-state index in [-0.39, 0.29) is 18.9 Å². The second-order valence-electron chi connectivity index (χ2n) is 9.91. The van der Waals surface area contributed by atoms with Crippen molar-refractivity contribution in [3.05, 3.63) is 29.8 Å². The van der Waals surface area contributed by atoms with E-state index in [1.807, 2.05) is 17.0 Å². The summed E-state index contributed by atoms with van der Waals surface area (Å²) in [5.41, 5.74) is 1.14. The summed E-state index contributed by atoms with van der Waals surface area (Å²) < 4.78 is 28.7. The lowest BCUT2D eigenvalue weighted by molar-refractivity contribution is -0.131. The van der Waals surface area contributed by atoms with E-state index < -0.39 is 10.0 Å². The molecule has 0 aromatic heterocycles. The summed E-state index contributed by atoms with van der Waals surface area (Å²) in [7, 11) is -3.67. The molecule has 0 saturated carbocycles. The van der Waals surface area contributed by atoms with E-state index >= 15 is 0 Å². The van der Waals surface area contributed by atoms with Crippen LogP contribution < -0.4 is 5.32 Å². The van der Waals surface area contributed by atoms with Gasteiger partial charge in [-0.1, -0.05) is 32.4 Å². The first-order valence-corrected chi connectivity index (χ1v) is 14.0. The van der Waals surface area contributed by atoms with E-state index in [2.05, 4.69) is 31.0 Å². The average molecular weight is 479 g/mol. The topological polar surface area (TPSA) is 73.0 Å². The highest BCUT2D eigenvalue weighted by molar-refractivity contribution is 7.89. The van der Waals surface area contributed by atoms with Crippen LogP contribution in [0.4, 0.5) is 0 Å². The van der Waals surface area contributed by atoms with Gasteiger partial charge in [-0.2, -0.15) is 4.31 Å². The van der Waals surface area contributed by atoms with Gasteiger partial charge in [-0.3, -0.25) is 9.69 Å². The molecular formula is C25H42N4O3S. The van der Waals surface area contributed by atoms with Crippen LogP contribution in [0.2, 0.25) is 0 Å². The normalized spacial score (nSPS) is 20.5. The van der Waals surface area contributed by atoms with Crippen molar-refractivity contribution in [2.75, 3.05) is 52.4 Å². The molecule has 1 aromatic rings. The molecule has 0 unspecified atom stereocenters. The lowest BCUT2D eigenvalue weighted by atomic mass is 10.0. The highest BCUT2D eigenvalue weighted by Crippen LogP contribution is 2.20. The zero-order valence-corrected chi connectivity index (χ0v) is 21.4. The molecular weight excluding hydrogens is 436 g/mol. The van der Waals surface area contributed by atoms with Crippen molar-refractivity contribution in [2.24, 2.45) is 5.92 Å².